The number of morpholine rings is 1. The number of rotatable bonds is 5. The van der Waals surface area contributed by atoms with Crippen molar-refractivity contribution >= 4 is 11.3 Å². The van der Waals surface area contributed by atoms with Crippen LogP contribution in [-0.4, -0.2) is 44.4 Å². The van der Waals surface area contributed by atoms with Gasteiger partial charge in [-0.1, -0.05) is 6.08 Å². The van der Waals surface area contributed by atoms with Gasteiger partial charge in [0.15, 0.2) is 0 Å². The van der Waals surface area contributed by atoms with Crippen molar-refractivity contribution in [2.24, 2.45) is 5.73 Å². The molecule has 2 rings (SSSR count). The number of likely N-dealkylation sites (N-methyl/N-ethyl adjacent to an activating group) is 1. The molecule has 0 amide bonds. The van der Waals surface area contributed by atoms with Gasteiger partial charge >= 0.3 is 0 Å². The van der Waals surface area contributed by atoms with Gasteiger partial charge < -0.3 is 25.7 Å². The average molecular weight is 304 g/mol. The zero-order valence-electron chi connectivity index (χ0n) is 13.1. The van der Waals surface area contributed by atoms with E-state index in [1.807, 2.05) is 25.3 Å². The molecule has 0 aliphatic carbocycles. The van der Waals surface area contributed by atoms with E-state index in [0.717, 1.165) is 24.2 Å². The van der Waals surface area contributed by atoms with Gasteiger partial charge in [0.05, 0.1) is 13.2 Å². The van der Waals surface area contributed by atoms with Crippen molar-refractivity contribution in [3.05, 3.63) is 46.5 Å². The van der Waals surface area contributed by atoms with E-state index >= 15 is 0 Å². The third-order valence-electron chi connectivity index (χ3n) is 3.70. The minimum atomic E-state index is -0.0813. The fraction of sp³-hybridized carbons (Fsp3) is 0.438. The first kappa shape index (κ1) is 16.3. The molecular formula is C16H24N4O2. The second-order valence-corrected chi connectivity index (χ2v) is 5.30. The van der Waals surface area contributed by atoms with Crippen LogP contribution in [0, 0.1) is 0 Å². The standard InChI is InChI=1S/C16H24N4O2/c1-12-11-22-8-7-20(12)15-9-14(10-19-16(15)21)13(3-5-17)4-6-18-2/h3-5,9-10,12,18H,6-8,11,17H2,1-2H3,(H,19,21)/b5-3-,13-4+. The molecule has 0 aromatic carbocycles. The molecule has 1 aromatic rings. The Hall–Kier alpha value is -2.05. The largest absolute Gasteiger partial charge is 0.405 e. The van der Waals surface area contributed by atoms with Gasteiger partial charge in [-0.05, 0) is 43.5 Å². The number of nitrogens with two attached hydrogens (primary N) is 1. The summed E-state index contributed by atoms with van der Waals surface area (Å²) in [4.78, 5) is 17.1. The molecule has 4 N–H and O–H groups in total. The third kappa shape index (κ3) is 3.78. The Morgan fingerprint density at radius 2 is 2.45 bits per heavy atom. The molecule has 1 aromatic heterocycles. The highest BCUT2D eigenvalue weighted by Gasteiger charge is 2.21. The molecule has 2 heterocycles. The van der Waals surface area contributed by atoms with Crippen LogP contribution < -0.4 is 21.5 Å². The lowest BCUT2D eigenvalue weighted by atomic mass is 10.1. The smallest absolute Gasteiger partial charge is 0.271 e. The maximum Gasteiger partial charge on any atom is 0.271 e. The van der Waals surface area contributed by atoms with E-state index in [2.05, 4.69) is 22.1 Å². The number of nitrogens with one attached hydrogen (secondary N) is 2. The van der Waals surface area contributed by atoms with Gasteiger partial charge in [0.25, 0.3) is 5.56 Å². The van der Waals surface area contributed by atoms with Crippen molar-refractivity contribution in [1.82, 2.24) is 10.3 Å². The third-order valence-corrected chi connectivity index (χ3v) is 3.70. The van der Waals surface area contributed by atoms with Crippen LogP contribution in [0.3, 0.4) is 0 Å². The molecule has 0 saturated carbocycles. The number of aromatic nitrogens is 1. The van der Waals surface area contributed by atoms with Crippen molar-refractivity contribution in [2.45, 2.75) is 13.0 Å². The fourth-order valence-electron chi connectivity index (χ4n) is 2.53. The molecule has 1 aliphatic heterocycles. The minimum Gasteiger partial charge on any atom is -0.405 e. The first-order valence-electron chi connectivity index (χ1n) is 7.48. The number of aromatic amines is 1. The first-order valence-corrected chi connectivity index (χ1v) is 7.48. The molecule has 1 aliphatic rings. The van der Waals surface area contributed by atoms with Crippen LogP contribution in [-0.2, 0) is 4.74 Å². The molecule has 1 unspecified atom stereocenters. The lowest BCUT2D eigenvalue weighted by Gasteiger charge is -2.34. The summed E-state index contributed by atoms with van der Waals surface area (Å²) < 4.78 is 5.44. The number of hydrogen-bond acceptors (Lipinski definition) is 5. The van der Waals surface area contributed by atoms with Gasteiger partial charge in [-0.15, -0.1) is 0 Å². The summed E-state index contributed by atoms with van der Waals surface area (Å²) in [5, 5.41) is 3.07. The average Bonchev–Trinajstić information content (AvgIpc) is 2.53. The molecule has 6 nitrogen and oxygen atoms in total. The number of allylic oxidation sites excluding steroid dienone is 2. The fourth-order valence-corrected chi connectivity index (χ4v) is 2.53. The molecule has 1 fully saturated rings. The Balaban J connectivity index is 2.38. The number of ether oxygens (including phenoxy) is 1. The van der Waals surface area contributed by atoms with E-state index in [-0.39, 0.29) is 11.6 Å². The van der Waals surface area contributed by atoms with E-state index in [4.69, 9.17) is 10.5 Å². The summed E-state index contributed by atoms with van der Waals surface area (Å²) in [5.74, 6) is 0. The highest BCUT2D eigenvalue weighted by molar-refractivity contribution is 5.75. The molecule has 120 valence electrons. The summed E-state index contributed by atoms with van der Waals surface area (Å²) in [7, 11) is 1.88. The van der Waals surface area contributed by atoms with Crippen LogP contribution >= 0.6 is 0 Å². The van der Waals surface area contributed by atoms with Gasteiger partial charge in [-0.25, -0.2) is 0 Å². The Bertz CT molecular complexity index is 606. The minimum absolute atomic E-state index is 0.0813. The maximum atomic E-state index is 12.2. The molecule has 1 saturated heterocycles. The summed E-state index contributed by atoms with van der Waals surface area (Å²) in [6.07, 6.45) is 7.09. The van der Waals surface area contributed by atoms with Crippen LogP contribution in [0.1, 0.15) is 12.5 Å². The molecule has 0 radical (unpaired) electrons. The Morgan fingerprint density at radius 3 is 3.14 bits per heavy atom. The van der Waals surface area contributed by atoms with Crippen LogP contribution in [0.2, 0.25) is 0 Å². The Labute approximate surface area is 130 Å². The normalized spacial score (nSPS) is 19.8. The lowest BCUT2D eigenvalue weighted by Crippen LogP contribution is -2.45. The van der Waals surface area contributed by atoms with Crippen molar-refractivity contribution in [2.75, 3.05) is 38.3 Å². The topological polar surface area (TPSA) is 83.4 Å². The predicted molar refractivity (Wildman–Crippen MR) is 89.9 cm³/mol. The highest BCUT2D eigenvalue weighted by Crippen LogP contribution is 2.21. The van der Waals surface area contributed by atoms with Crippen LogP contribution in [0.4, 0.5) is 5.69 Å². The number of anilines is 1. The maximum absolute atomic E-state index is 12.2. The zero-order valence-corrected chi connectivity index (χ0v) is 13.1. The second kappa shape index (κ2) is 7.82. The van der Waals surface area contributed by atoms with Gasteiger partial charge in [0, 0.05) is 25.3 Å². The molecule has 6 heteroatoms. The number of pyridine rings is 1. The summed E-state index contributed by atoms with van der Waals surface area (Å²) in [6.45, 7) is 4.77. The van der Waals surface area contributed by atoms with E-state index in [9.17, 15) is 4.79 Å². The van der Waals surface area contributed by atoms with Crippen LogP contribution in [0.5, 0.6) is 0 Å². The SMILES string of the molecule is CNC/C=C(\C=C/N)c1c[nH]c(=O)c(N2CCOCC2C)c1. The molecule has 0 spiro atoms. The zero-order chi connectivity index (χ0) is 15.9. The number of hydrogen-bond donors (Lipinski definition) is 3. The monoisotopic (exact) mass is 304 g/mol. The van der Waals surface area contributed by atoms with Crippen LogP contribution in [0.25, 0.3) is 5.57 Å². The quantitative estimate of drug-likeness (QED) is 0.697. The highest BCUT2D eigenvalue weighted by atomic mass is 16.5. The summed E-state index contributed by atoms with van der Waals surface area (Å²) >= 11 is 0. The summed E-state index contributed by atoms with van der Waals surface area (Å²) in [5.41, 5.74) is 8.03. The van der Waals surface area contributed by atoms with Crippen molar-refractivity contribution in [3.63, 3.8) is 0 Å². The van der Waals surface area contributed by atoms with E-state index in [0.29, 0.717) is 18.9 Å². The Morgan fingerprint density at radius 1 is 1.64 bits per heavy atom. The van der Waals surface area contributed by atoms with Crippen molar-refractivity contribution in [1.29, 1.82) is 0 Å². The Kier molecular flexibility index (Phi) is 5.80. The van der Waals surface area contributed by atoms with E-state index in [1.54, 1.807) is 6.20 Å². The lowest BCUT2D eigenvalue weighted by molar-refractivity contribution is 0.0988. The molecule has 0 bridgehead atoms. The number of H-pyrrole nitrogens is 1. The molecule has 22 heavy (non-hydrogen) atoms. The van der Waals surface area contributed by atoms with Gasteiger partial charge in [-0.2, -0.15) is 0 Å². The van der Waals surface area contributed by atoms with Gasteiger partial charge in [0.1, 0.15) is 5.69 Å². The van der Waals surface area contributed by atoms with Gasteiger partial charge in [0.2, 0.25) is 0 Å². The molecular weight excluding hydrogens is 280 g/mol. The van der Waals surface area contributed by atoms with E-state index in [1.165, 1.54) is 6.20 Å². The number of nitrogens with zero attached hydrogens (tertiary/aromatic N) is 1. The van der Waals surface area contributed by atoms with Crippen molar-refractivity contribution < 1.29 is 4.74 Å². The van der Waals surface area contributed by atoms with Gasteiger partial charge in [-0.3, -0.25) is 4.79 Å². The summed E-state index contributed by atoms with van der Waals surface area (Å²) in [6, 6.07) is 2.10. The van der Waals surface area contributed by atoms with Crippen molar-refractivity contribution in [3.8, 4) is 0 Å². The molecule has 1 atom stereocenters. The predicted octanol–water partition coefficient (Wildman–Crippen LogP) is 0.675. The first-order chi connectivity index (χ1) is 10.7. The van der Waals surface area contributed by atoms with E-state index < -0.39 is 0 Å². The second-order valence-electron chi connectivity index (χ2n) is 5.30. The van der Waals surface area contributed by atoms with Crippen LogP contribution in [0.15, 0.2) is 35.4 Å².